The SMILES string of the molecule is CCOc1cc(-c2nc3ccccc3[nH]2)ccc1OCc1cc(C)c(C)cc1C. The molecule has 0 unspecified atom stereocenters. The van der Waals surface area contributed by atoms with Gasteiger partial charge in [0.1, 0.15) is 12.4 Å². The Labute approximate surface area is 171 Å². The van der Waals surface area contributed by atoms with Crippen LogP contribution in [0.5, 0.6) is 11.5 Å². The zero-order valence-electron chi connectivity index (χ0n) is 17.4. The van der Waals surface area contributed by atoms with E-state index in [9.17, 15) is 0 Å². The van der Waals surface area contributed by atoms with Crippen LogP contribution in [0.3, 0.4) is 0 Å². The standard InChI is InChI=1S/C25H26N2O2/c1-5-28-24-14-19(25-26-21-8-6-7-9-22(21)27-25)10-11-23(24)29-15-20-13-17(3)16(2)12-18(20)4/h6-14H,5,15H2,1-4H3,(H,26,27). The van der Waals surface area contributed by atoms with Crippen molar-refractivity contribution in [2.24, 2.45) is 0 Å². The van der Waals surface area contributed by atoms with Gasteiger partial charge in [-0.1, -0.05) is 24.3 Å². The minimum atomic E-state index is 0.511. The molecule has 1 aromatic heterocycles. The molecule has 0 atom stereocenters. The van der Waals surface area contributed by atoms with E-state index in [1.165, 1.54) is 22.3 Å². The van der Waals surface area contributed by atoms with E-state index in [0.29, 0.717) is 13.2 Å². The zero-order valence-corrected chi connectivity index (χ0v) is 17.4. The number of para-hydroxylation sites is 2. The fourth-order valence-corrected chi connectivity index (χ4v) is 3.46. The molecular formula is C25H26N2O2. The van der Waals surface area contributed by atoms with Gasteiger partial charge >= 0.3 is 0 Å². The number of imidazole rings is 1. The summed E-state index contributed by atoms with van der Waals surface area (Å²) < 4.78 is 12.0. The number of rotatable bonds is 6. The number of ether oxygens (including phenoxy) is 2. The first kappa shape index (κ1) is 19.1. The number of benzene rings is 3. The summed E-state index contributed by atoms with van der Waals surface area (Å²) in [5.74, 6) is 2.29. The number of nitrogens with one attached hydrogen (secondary N) is 1. The number of aromatic amines is 1. The van der Waals surface area contributed by atoms with Crippen molar-refractivity contribution in [1.29, 1.82) is 0 Å². The normalized spacial score (nSPS) is 11.0. The molecule has 148 valence electrons. The first-order valence-corrected chi connectivity index (χ1v) is 9.96. The number of nitrogens with zero attached hydrogens (tertiary/aromatic N) is 1. The van der Waals surface area contributed by atoms with Crippen molar-refractivity contribution in [2.75, 3.05) is 6.61 Å². The first-order chi connectivity index (χ1) is 14.0. The van der Waals surface area contributed by atoms with Gasteiger partial charge in [0.2, 0.25) is 0 Å². The minimum absolute atomic E-state index is 0.511. The van der Waals surface area contributed by atoms with E-state index in [1.54, 1.807) is 0 Å². The molecule has 0 bridgehead atoms. The van der Waals surface area contributed by atoms with Crippen LogP contribution in [-0.4, -0.2) is 16.6 Å². The lowest BCUT2D eigenvalue weighted by molar-refractivity contribution is 0.269. The van der Waals surface area contributed by atoms with Crippen molar-refractivity contribution in [3.8, 4) is 22.9 Å². The summed E-state index contributed by atoms with van der Waals surface area (Å²) in [7, 11) is 0. The van der Waals surface area contributed by atoms with Crippen LogP contribution in [0.15, 0.2) is 54.6 Å². The Hall–Kier alpha value is -3.27. The number of fused-ring (bicyclic) bond motifs is 1. The van der Waals surface area contributed by atoms with Crippen molar-refractivity contribution in [1.82, 2.24) is 9.97 Å². The number of hydrogen-bond donors (Lipinski definition) is 1. The highest BCUT2D eigenvalue weighted by Gasteiger charge is 2.12. The highest BCUT2D eigenvalue weighted by molar-refractivity contribution is 5.79. The second-order valence-electron chi connectivity index (χ2n) is 7.35. The number of H-pyrrole nitrogens is 1. The molecule has 0 spiro atoms. The molecule has 0 fully saturated rings. The molecule has 0 amide bonds. The smallest absolute Gasteiger partial charge is 0.161 e. The van der Waals surface area contributed by atoms with E-state index in [4.69, 9.17) is 9.47 Å². The van der Waals surface area contributed by atoms with E-state index in [0.717, 1.165) is 33.9 Å². The van der Waals surface area contributed by atoms with Gasteiger partial charge in [-0.15, -0.1) is 0 Å². The molecule has 0 radical (unpaired) electrons. The van der Waals surface area contributed by atoms with Gasteiger partial charge in [-0.25, -0.2) is 4.98 Å². The topological polar surface area (TPSA) is 47.1 Å². The minimum Gasteiger partial charge on any atom is -0.490 e. The molecule has 0 aliphatic rings. The van der Waals surface area contributed by atoms with Crippen LogP contribution < -0.4 is 9.47 Å². The third kappa shape index (κ3) is 3.97. The Morgan fingerprint density at radius 1 is 0.828 bits per heavy atom. The first-order valence-electron chi connectivity index (χ1n) is 9.96. The number of aryl methyl sites for hydroxylation is 3. The van der Waals surface area contributed by atoms with Gasteiger partial charge in [0.15, 0.2) is 11.5 Å². The Morgan fingerprint density at radius 2 is 1.62 bits per heavy atom. The Balaban J connectivity index is 1.61. The third-order valence-corrected chi connectivity index (χ3v) is 5.24. The van der Waals surface area contributed by atoms with Crippen molar-refractivity contribution in [3.05, 3.63) is 76.9 Å². The highest BCUT2D eigenvalue weighted by atomic mass is 16.5. The van der Waals surface area contributed by atoms with Crippen molar-refractivity contribution < 1.29 is 9.47 Å². The molecule has 4 aromatic rings. The molecule has 4 heteroatoms. The summed E-state index contributed by atoms with van der Waals surface area (Å²) in [4.78, 5) is 8.06. The van der Waals surface area contributed by atoms with Crippen LogP contribution in [0.25, 0.3) is 22.4 Å². The monoisotopic (exact) mass is 386 g/mol. The van der Waals surface area contributed by atoms with E-state index in [-0.39, 0.29) is 0 Å². The molecule has 4 nitrogen and oxygen atoms in total. The maximum Gasteiger partial charge on any atom is 0.161 e. The quantitative estimate of drug-likeness (QED) is 0.433. The van der Waals surface area contributed by atoms with E-state index < -0.39 is 0 Å². The van der Waals surface area contributed by atoms with Crippen molar-refractivity contribution >= 4 is 11.0 Å². The molecule has 3 aromatic carbocycles. The van der Waals surface area contributed by atoms with Crippen LogP contribution >= 0.6 is 0 Å². The van der Waals surface area contributed by atoms with Gasteiger partial charge in [0.05, 0.1) is 17.6 Å². The molecule has 29 heavy (non-hydrogen) atoms. The summed E-state index contributed by atoms with van der Waals surface area (Å²) in [6, 6.07) is 18.4. The molecule has 4 rings (SSSR count). The average Bonchev–Trinajstić information content (AvgIpc) is 3.15. The lowest BCUT2D eigenvalue weighted by atomic mass is 10.0. The molecular weight excluding hydrogens is 360 g/mol. The van der Waals surface area contributed by atoms with E-state index >= 15 is 0 Å². The average molecular weight is 386 g/mol. The maximum atomic E-state index is 6.15. The fraction of sp³-hybridized carbons (Fsp3) is 0.240. The van der Waals surface area contributed by atoms with Crippen LogP contribution in [0.1, 0.15) is 29.2 Å². The van der Waals surface area contributed by atoms with Crippen molar-refractivity contribution in [3.63, 3.8) is 0 Å². The molecule has 1 N–H and O–H groups in total. The summed E-state index contributed by atoms with van der Waals surface area (Å²) in [6.45, 7) is 9.45. The van der Waals surface area contributed by atoms with Crippen molar-refractivity contribution in [2.45, 2.75) is 34.3 Å². The fourth-order valence-electron chi connectivity index (χ4n) is 3.46. The summed E-state index contributed by atoms with van der Waals surface area (Å²) in [6.07, 6.45) is 0. The van der Waals surface area contributed by atoms with Crippen LogP contribution in [0.4, 0.5) is 0 Å². The number of aromatic nitrogens is 2. The maximum absolute atomic E-state index is 6.15. The molecule has 0 aliphatic carbocycles. The van der Waals surface area contributed by atoms with Crippen LogP contribution in [0.2, 0.25) is 0 Å². The Morgan fingerprint density at radius 3 is 2.41 bits per heavy atom. The van der Waals surface area contributed by atoms with Gasteiger partial charge in [-0.05, 0) is 80.3 Å². The lowest BCUT2D eigenvalue weighted by Crippen LogP contribution is -2.02. The van der Waals surface area contributed by atoms with Crippen LogP contribution in [-0.2, 0) is 6.61 Å². The number of hydrogen-bond acceptors (Lipinski definition) is 3. The lowest BCUT2D eigenvalue weighted by Gasteiger charge is -2.15. The van der Waals surface area contributed by atoms with Gasteiger partial charge in [-0.3, -0.25) is 0 Å². The predicted molar refractivity (Wildman–Crippen MR) is 118 cm³/mol. The van der Waals surface area contributed by atoms with Gasteiger partial charge in [0, 0.05) is 5.56 Å². The van der Waals surface area contributed by atoms with Gasteiger partial charge in [-0.2, -0.15) is 0 Å². The molecule has 0 saturated heterocycles. The summed E-state index contributed by atoms with van der Waals surface area (Å²) >= 11 is 0. The molecule has 1 heterocycles. The van der Waals surface area contributed by atoms with Gasteiger partial charge in [0.25, 0.3) is 0 Å². The summed E-state index contributed by atoms with van der Waals surface area (Å²) in [5, 5.41) is 0. The second kappa shape index (κ2) is 8.00. The largest absolute Gasteiger partial charge is 0.490 e. The zero-order chi connectivity index (χ0) is 20.4. The second-order valence-corrected chi connectivity index (χ2v) is 7.35. The Bertz CT molecular complexity index is 1130. The van der Waals surface area contributed by atoms with E-state index in [1.807, 2.05) is 49.4 Å². The van der Waals surface area contributed by atoms with Crippen LogP contribution in [0, 0.1) is 20.8 Å². The van der Waals surface area contributed by atoms with E-state index in [2.05, 4.69) is 42.9 Å². The predicted octanol–water partition coefficient (Wildman–Crippen LogP) is 6.13. The summed E-state index contributed by atoms with van der Waals surface area (Å²) in [5.41, 5.74) is 7.95. The van der Waals surface area contributed by atoms with Gasteiger partial charge < -0.3 is 14.5 Å². The highest BCUT2D eigenvalue weighted by Crippen LogP contribution is 2.33. The molecule has 0 saturated carbocycles. The third-order valence-electron chi connectivity index (χ3n) is 5.24. The Kier molecular flexibility index (Phi) is 5.26. The molecule has 0 aliphatic heterocycles.